The first-order valence-corrected chi connectivity index (χ1v) is 9.78. The van der Waals surface area contributed by atoms with Crippen molar-refractivity contribution in [1.29, 1.82) is 0 Å². The van der Waals surface area contributed by atoms with Gasteiger partial charge in [0, 0.05) is 13.1 Å². The summed E-state index contributed by atoms with van der Waals surface area (Å²) in [4.78, 5) is 29.6. The summed E-state index contributed by atoms with van der Waals surface area (Å²) >= 11 is 1.34. The summed E-state index contributed by atoms with van der Waals surface area (Å²) in [7, 11) is 1.71. The molecule has 25 heavy (non-hydrogen) atoms. The van der Waals surface area contributed by atoms with Crippen LogP contribution in [-0.2, 0) is 11.8 Å². The minimum atomic E-state index is -0.298. The van der Waals surface area contributed by atoms with Gasteiger partial charge in [0.15, 0.2) is 5.16 Å². The summed E-state index contributed by atoms with van der Waals surface area (Å²) in [6.07, 6.45) is 4.66. The van der Waals surface area contributed by atoms with E-state index >= 15 is 0 Å². The molecule has 1 aromatic heterocycles. The van der Waals surface area contributed by atoms with E-state index in [0.29, 0.717) is 22.0 Å². The van der Waals surface area contributed by atoms with Crippen LogP contribution in [0.15, 0.2) is 34.2 Å². The average Bonchev–Trinajstić information content (AvgIpc) is 2.61. The number of para-hydroxylation sites is 1. The molecule has 1 fully saturated rings. The molecular weight excluding hydrogens is 334 g/mol. The van der Waals surface area contributed by atoms with Gasteiger partial charge in [-0.3, -0.25) is 14.2 Å². The number of hydrogen-bond acceptors (Lipinski definition) is 4. The van der Waals surface area contributed by atoms with Crippen LogP contribution < -0.4 is 10.9 Å². The number of thioether (sulfide) groups is 1. The molecule has 0 bridgehead atoms. The van der Waals surface area contributed by atoms with Gasteiger partial charge in [0.2, 0.25) is 5.91 Å². The quantitative estimate of drug-likeness (QED) is 0.673. The van der Waals surface area contributed by atoms with Crippen molar-refractivity contribution < 1.29 is 4.79 Å². The highest BCUT2D eigenvalue weighted by molar-refractivity contribution is 8.00. The highest BCUT2D eigenvalue weighted by atomic mass is 32.2. The molecule has 0 unspecified atom stereocenters. The lowest BCUT2D eigenvalue weighted by Gasteiger charge is -2.30. The summed E-state index contributed by atoms with van der Waals surface area (Å²) in [5.74, 6) is 0.546. The number of hydrogen-bond donors (Lipinski definition) is 1. The maximum absolute atomic E-state index is 12.6. The van der Waals surface area contributed by atoms with Gasteiger partial charge in [0.25, 0.3) is 5.56 Å². The Labute approximate surface area is 152 Å². The number of fused-ring (bicyclic) bond motifs is 1. The number of carbonyl (C=O) groups is 1. The lowest BCUT2D eigenvalue weighted by molar-refractivity contribution is -0.121. The Morgan fingerprint density at radius 1 is 1.32 bits per heavy atom. The molecule has 0 spiro atoms. The molecule has 0 aliphatic heterocycles. The van der Waals surface area contributed by atoms with Crippen LogP contribution in [0.25, 0.3) is 10.9 Å². The normalized spacial score (nSPS) is 21.9. The predicted octanol–water partition coefficient (Wildman–Crippen LogP) is 3.11. The van der Waals surface area contributed by atoms with Crippen LogP contribution in [0.3, 0.4) is 0 Å². The fourth-order valence-electron chi connectivity index (χ4n) is 3.35. The molecule has 1 aromatic carbocycles. The number of benzene rings is 1. The molecule has 0 saturated heterocycles. The molecule has 6 heteroatoms. The number of rotatable bonds is 4. The van der Waals surface area contributed by atoms with Crippen LogP contribution in [-0.4, -0.2) is 26.8 Å². The van der Waals surface area contributed by atoms with Gasteiger partial charge in [-0.25, -0.2) is 4.98 Å². The number of nitrogens with one attached hydrogen (secondary N) is 1. The second kappa shape index (κ2) is 7.60. The molecule has 1 aliphatic carbocycles. The molecule has 0 radical (unpaired) electrons. The van der Waals surface area contributed by atoms with Gasteiger partial charge in [-0.2, -0.15) is 0 Å². The fourth-order valence-corrected chi connectivity index (χ4v) is 4.23. The van der Waals surface area contributed by atoms with Crippen molar-refractivity contribution in [2.45, 2.75) is 56.0 Å². The van der Waals surface area contributed by atoms with Crippen LogP contribution in [0.4, 0.5) is 0 Å². The summed E-state index contributed by atoms with van der Waals surface area (Å²) < 4.78 is 1.53. The standard InChI is InChI=1S/C19H25N3O2S/c1-12-8-4-6-10-15(12)20-17(23)13(2)25-19-21-16-11-7-5-9-14(16)18(24)22(19)3/h5,7,9,11-13,15H,4,6,8,10H2,1-3H3,(H,20,23)/t12-,13+,15-/m1/s1. The van der Waals surface area contributed by atoms with Gasteiger partial charge in [0.05, 0.1) is 16.2 Å². The third kappa shape index (κ3) is 3.89. The van der Waals surface area contributed by atoms with Crippen molar-refractivity contribution >= 4 is 28.6 Å². The molecule has 1 heterocycles. The molecule has 1 aliphatic rings. The third-order valence-corrected chi connectivity index (χ3v) is 6.18. The van der Waals surface area contributed by atoms with E-state index in [1.54, 1.807) is 13.1 Å². The first-order valence-electron chi connectivity index (χ1n) is 8.90. The molecule has 3 atom stereocenters. The SMILES string of the molecule is C[C@H](Sc1nc2ccccc2c(=O)n1C)C(=O)N[C@@H]1CCCC[C@H]1C. The first-order chi connectivity index (χ1) is 12.0. The van der Waals surface area contributed by atoms with Crippen LogP contribution >= 0.6 is 11.8 Å². The van der Waals surface area contributed by atoms with Crippen LogP contribution in [0.5, 0.6) is 0 Å². The molecule has 3 rings (SSSR count). The minimum Gasteiger partial charge on any atom is -0.352 e. The maximum atomic E-state index is 12.6. The molecule has 2 aromatic rings. The molecule has 134 valence electrons. The Balaban J connectivity index is 1.75. The van der Waals surface area contributed by atoms with Gasteiger partial charge in [-0.1, -0.05) is 43.7 Å². The number of aromatic nitrogens is 2. The predicted molar refractivity (Wildman–Crippen MR) is 102 cm³/mol. The van der Waals surface area contributed by atoms with E-state index in [1.165, 1.54) is 35.6 Å². The van der Waals surface area contributed by atoms with E-state index in [-0.39, 0.29) is 22.8 Å². The first kappa shape index (κ1) is 18.0. The Morgan fingerprint density at radius 3 is 2.80 bits per heavy atom. The zero-order valence-corrected chi connectivity index (χ0v) is 15.8. The summed E-state index contributed by atoms with van der Waals surface area (Å²) in [5, 5.41) is 4.06. The van der Waals surface area contributed by atoms with Gasteiger partial charge >= 0.3 is 0 Å². The Morgan fingerprint density at radius 2 is 2.04 bits per heavy atom. The van der Waals surface area contributed by atoms with E-state index in [9.17, 15) is 9.59 Å². The summed E-state index contributed by atoms with van der Waals surface area (Å²) in [6, 6.07) is 7.57. The van der Waals surface area contributed by atoms with Crippen molar-refractivity contribution in [2.75, 3.05) is 0 Å². The largest absolute Gasteiger partial charge is 0.352 e. The highest BCUT2D eigenvalue weighted by Crippen LogP contribution is 2.26. The molecule has 1 saturated carbocycles. The minimum absolute atomic E-state index is 0.0196. The summed E-state index contributed by atoms with van der Waals surface area (Å²) in [5.41, 5.74) is 0.586. The Bertz CT molecular complexity index is 833. The van der Waals surface area contributed by atoms with E-state index in [4.69, 9.17) is 0 Å². The molecule has 1 N–H and O–H groups in total. The van der Waals surface area contributed by atoms with Crippen molar-refractivity contribution in [2.24, 2.45) is 13.0 Å². The fraction of sp³-hybridized carbons (Fsp3) is 0.526. The highest BCUT2D eigenvalue weighted by Gasteiger charge is 2.26. The van der Waals surface area contributed by atoms with Crippen molar-refractivity contribution in [1.82, 2.24) is 14.9 Å². The Hall–Kier alpha value is -1.82. The molecule has 1 amide bonds. The number of amides is 1. The maximum Gasteiger partial charge on any atom is 0.261 e. The van der Waals surface area contributed by atoms with Crippen molar-refractivity contribution in [3.05, 3.63) is 34.6 Å². The second-order valence-electron chi connectivity index (χ2n) is 6.91. The van der Waals surface area contributed by atoms with Gasteiger partial charge in [-0.15, -0.1) is 0 Å². The smallest absolute Gasteiger partial charge is 0.261 e. The van der Waals surface area contributed by atoms with Crippen LogP contribution in [0.1, 0.15) is 39.5 Å². The van der Waals surface area contributed by atoms with Gasteiger partial charge in [-0.05, 0) is 37.8 Å². The van der Waals surface area contributed by atoms with Crippen molar-refractivity contribution in [3.8, 4) is 0 Å². The van der Waals surface area contributed by atoms with Gasteiger partial charge < -0.3 is 5.32 Å². The Kier molecular flexibility index (Phi) is 5.47. The van der Waals surface area contributed by atoms with E-state index in [0.717, 1.165) is 6.42 Å². The molecular formula is C19H25N3O2S. The van der Waals surface area contributed by atoms with Crippen LogP contribution in [0, 0.1) is 5.92 Å². The van der Waals surface area contributed by atoms with E-state index < -0.39 is 0 Å². The lowest BCUT2D eigenvalue weighted by Crippen LogP contribution is -2.44. The number of nitrogens with zero attached hydrogens (tertiary/aromatic N) is 2. The monoisotopic (exact) mass is 359 g/mol. The zero-order valence-electron chi connectivity index (χ0n) is 15.0. The average molecular weight is 359 g/mol. The van der Waals surface area contributed by atoms with E-state index in [1.807, 2.05) is 25.1 Å². The zero-order chi connectivity index (χ0) is 18.0. The molecule has 5 nitrogen and oxygen atoms in total. The topological polar surface area (TPSA) is 64.0 Å². The third-order valence-electron chi connectivity index (χ3n) is 5.03. The van der Waals surface area contributed by atoms with Crippen molar-refractivity contribution in [3.63, 3.8) is 0 Å². The van der Waals surface area contributed by atoms with E-state index in [2.05, 4.69) is 17.2 Å². The lowest BCUT2D eigenvalue weighted by atomic mass is 9.86. The second-order valence-corrected chi connectivity index (χ2v) is 8.22. The van der Waals surface area contributed by atoms with Crippen LogP contribution in [0.2, 0.25) is 0 Å². The van der Waals surface area contributed by atoms with Gasteiger partial charge in [0.1, 0.15) is 0 Å². The summed E-state index contributed by atoms with van der Waals surface area (Å²) in [6.45, 7) is 4.07. The number of carbonyl (C=O) groups excluding carboxylic acids is 1.